The lowest BCUT2D eigenvalue weighted by Crippen LogP contribution is -2.16. The molecule has 3 aromatic carbocycles. The predicted molar refractivity (Wildman–Crippen MR) is 121 cm³/mol. The van der Waals surface area contributed by atoms with E-state index in [0.717, 1.165) is 21.6 Å². The minimum atomic E-state index is -0.395. The van der Waals surface area contributed by atoms with E-state index < -0.39 is 5.91 Å². The Bertz CT molecular complexity index is 1430. The van der Waals surface area contributed by atoms with Crippen LogP contribution >= 0.6 is 22.7 Å². The molecule has 0 fully saturated rings. The Morgan fingerprint density at radius 1 is 0.774 bits per heavy atom. The minimum absolute atomic E-state index is 0.225. The predicted octanol–water partition coefficient (Wildman–Crippen LogP) is 4.52. The summed E-state index contributed by atoms with van der Waals surface area (Å²) in [6.07, 6.45) is 0. The minimum Gasteiger partial charge on any atom is -0.283 e. The van der Waals surface area contributed by atoms with Crippen LogP contribution < -0.4 is 4.80 Å². The number of carbonyl (C=O) groups is 2. The topological polar surface area (TPSA) is 77.2 Å². The summed E-state index contributed by atoms with van der Waals surface area (Å²) in [7, 11) is 0. The Kier molecular flexibility index (Phi) is 5.07. The molecule has 0 saturated carbocycles. The molecule has 0 unspecified atom stereocenters. The van der Waals surface area contributed by atoms with Gasteiger partial charge in [-0.3, -0.25) is 9.59 Å². The summed E-state index contributed by atoms with van der Waals surface area (Å²) in [6.45, 7) is 0. The van der Waals surface area contributed by atoms with E-state index in [1.54, 1.807) is 24.3 Å². The molecule has 150 valence electrons. The van der Waals surface area contributed by atoms with E-state index in [-0.39, 0.29) is 10.8 Å². The van der Waals surface area contributed by atoms with Gasteiger partial charge in [-0.1, -0.05) is 59.9 Å². The first-order valence-corrected chi connectivity index (χ1v) is 11.0. The summed E-state index contributed by atoms with van der Waals surface area (Å²) < 4.78 is 2.45. The number of fused-ring (bicyclic) bond motifs is 1. The van der Waals surface area contributed by atoms with E-state index in [1.807, 2.05) is 60.7 Å². The molecule has 0 N–H and O–H groups in total. The molecule has 0 aliphatic heterocycles. The lowest BCUT2D eigenvalue weighted by molar-refractivity contribution is 0.0996. The summed E-state index contributed by atoms with van der Waals surface area (Å²) in [5.74, 6) is -0.683. The maximum Gasteiger partial charge on any atom is 0.279 e. The van der Waals surface area contributed by atoms with E-state index in [2.05, 4.69) is 15.1 Å². The fraction of sp³-hybridized carbons (Fsp3) is 0. The molecule has 0 aliphatic carbocycles. The molecule has 0 spiro atoms. The number of benzene rings is 3. The van der Waals surface area contributed by atoms with Crippen LogP contribution in [0.3, 0.4) is 0 Å². The van der Waals surface area contributed by atoms with Gasteiger partial charge >= 0.3 is 0 Å². The van der Waals surface area contributed by atoms with Crippen LogP contribution in [0, 0.1) is 0 Å². The van der Waals surface area contributed by atoms with Gasteiger partial charge in [0.25, 0.3) is 11.7 Å². The highest BCUT2D eigenvalue weighted by Gasteiger charge is 2.20. The van der Waals surface area contributed by atoms with Gasteiger partial charge < -0.3 is 0 Å². The van der Waals surface area contributed by atoms with Crippen LogP contribution in [0.25, 0.3) is 15.9 Å². The summed E-state index contributed by atoms with van der Waals surface area (Å²) >= 11 is 2.39. The Hall–Kier alpha value is -3.75. The number of rotatable bonds is 4. The van der Waals surface area contributed by atoms with E-state index >= 15 is 0 Å². The van der Waals surface area contributed by atoms with Gasteiger partial charge in [-0.15, -0.1) is 11.3 Å². The molecule has 5 aromatic rings. The Morgan fingerprint density at radius 2 is 1.45 bits per heavy atom. The maximum atomic E-state index is 13.1. The van der Waals surface area contributed by atoms with Crippen molar-refractivity contribution < 1.29 is 9.59 Å². The normalized spacial score (nSPS) is 11.7. The van der Waals surface area contributed by atoms with Crippen LogP contribution in [-0.2, 0) is 0 Å². The second-order valence-electron chi connectivity index (χ2n) is 6.54. The number of nitrogens with zero attached hydrogens (tertiary/aromatic N) is 4. The molecule has 1 amide bonds. The number of amides is 1. The first-order chi connectivity index (χ1) is 15.2. The highest BCUT2D eigenvalue weighted by Crippen LogP contribution is 2.24. The van der Waals surface area contributed by atoms with Gasteiger partial charge in [0.2, 0.25) is 4.80 Å². The van der Waals surface area contributed by atoms with Crippen molar-refractivity contribution in [1.29, 1.82) is 0 Å². The van der Waals surface area contributed by atoms with Crippen LogP contribution in [0.2, 0.25) is 0 Å². The zero-order chi connectivity index (χ0) is 21.2. The number of carbonyl (C=O) groups excluding carboxylic acids is 2. The molecule has 31 heavy (non-hydrogen) atoms. The van der Waals surface area contributed by atoms with Gasteiger partial charge in [0.1, 0.15) is 0 Å². The monoisotopic (exact) mass is 442 g/mol. The first kappa shape index (κ1) is 19.2. The fourth-order valence-electron chi connectivity index (χ4n) is 2.98. The van der Waals surface area contributed by atoms with Crippen LogP contribution in [-0.4, -0.2) is 26.5 Å². The van der Waals surface area contributed by atoms with E-state index in [9.17, 15) is 9.59 Å². The molecule has 0 aliphatic rings. The van der Waals surface area contributed by atoms with Gasteiger partial charge in [-0.05, 0) is 36.4 Å². The fourth-order valence-corrected chi connectivity index (χ4v) is 4.79. The zero-order valence-corrected chi connectivity index (χ0v) is 17.6. The summed E-state index contributed by atoms with van der Waals surface area (Å²) in [6, 6.07) is 25.7. The largest absolute Gasteiger partial charge is 0.283 e. The number of aromatic nitrogens is 3. The highest BCUT2D eigenvalue weighted by molar-refractivity contribution is 7.21. The SMILES string of the molecule is O=C(N=c1sc(C(=O)c2nc3ccccc3s2)nn1-c1ccccc1)c1ccccc1. The number of ketones is 1. The molecule has 6 nitrogen and oxygen atoms in total. The standard InChI is InChI=1S/C23H14N4O2S2/c28-19(21-24-17-13-7-8-14-18(17)30-21)22-26-27(16-11-5-2-6-12-16)23(31-22)25-20(29)15-9-3-1-4-10-15/h1-14H. The number of hydrogen-bond acceptors (Lipinski definition) is 6. The quantitative estimate of drug-likeness (QED) is 0.384. The number of thiazole rings is 1. The van der Waals surface area contributed by atoms with Crippen LogP contribution in [0.4, 0.5) is 0 Å². The smallest absolute Gasteiger partial charge is 0.279 e. The highest BCUT2D eigenvalue weighted by atomic mass is 32.1. The molecule has 2 aromatic heterocycles. The Labute approximate surface area is 184 Å². The van der Waals surface area contributed by atoms with Crippen LogP contribution in [0.1, 0.15) is 25.2 Å². The number of para-hydroxylation sites is 2. The molecule has 0 radical (unpaired) electrons. The first-order valence-electron chi connectivity index (χ1n) is 9.39. The van der Waals surface area contributed by atoms with Gasteiger partial charge in [-0.2, -0.15) is 10.1 Å². The summed E-state index contributed by atoms with van der Waals surface area (Å²) in [4.78, 5) is 34.8. The van der Waals surface area contributed by atoms with Crippen molar-refractivity contribution in [2.24, 2.45) is 4.99 Å². The van der Waals surface area contributed by atoms with Gasteiger partial charge in [0.05, 0.1) is 15.9 Å². The van der Waals surface area contributed by atoms with Crippen molar-refractivity contribution in [3.63, 3.8) is 0 Å². The second kappa shape index (κ2) is 8.17. The van der Waals surface area contributed by atoms with Crippen LogP contribution in [0.15, 0.2) is 89.9 Å². The second-order valence-corrected chi connectivity index (χ2v) is 8.52. The van der Waals surface area contributed by atoms with Crippen molar-refractivity contribution in [3.05, 3.63) is 105 Å². The zero-order valence-electron chi connectivity index (χ0n) is 16.0. The molecular formula is C23H14N4O2S2. The van der Waals surface area contributed by atoms with Crippen molar-refractivity contribution in [2.45, 2.75) is 0 Å². The van der Waals surface area contributed by atoms with Crippen molar-refractivity contribution in [1.82, 2.24) is 14.8 Å². The van der Waals surface area contributed by atoms with Crippen molar-refractivity contribution >= 4 is 44.6 Å². The maximum absolute atomic E-state index is 13.1. The third-order valence-corrected chi connectivity index (χ3v) is 6.40. The third kappa shape index (κ3) is 3.86. The van der Waals surface area contributed by atoms with E-state index in [1.165, 1.54) is 16.0 Å². The molecule has 5 rings (SSSR count). The van der Waals surface area contributed by atoms with Crippen LogP contribution in [0.5, 0.6) is 0 Å². The molecule has 2 heterocycles. The van der Waals surface area contributed by atoms with Gasteiger partial charge in [-0.25, -0.2) is 9.67 Å². The lowest BCUT2D eigenvalue weighted by Gasteiger charge is -2.00. The summed E-state index contributed by atoms with van der Waals surface area (Å²) in [5.41, 5.74) is 1.95. The van der Waals surface area contributed by atoms with Gasteiger partial charge in [0, 0.05) is 5.56 Å². The average Bonchev–Trinajstić information content (AvgIpc) is 3.44. The average molecular weight is 443 g/mol. The lowest BCUT2D eigenvalue weighted by atomic mass is 10.2. The van der Waals surface area contributed by atoms with Gasteiger partial charge in [0.15, 0.2) is 10.0 Å². The van der Waals surface area contributed by atoms with E-state index in [4.69, 9.17) is 0 Å². The third-order valence-electron chi connectivity index (χ3n) is 4.46. The molecule has 0 saturated heterocycles. The summed E-state index contributed by atoms with van der Waals surface area (Å²) in [5, 5.41) is 5.06. The van der Waals surface area contributed by atoms with E-state index in [0.29, 0.717) is 21.1 Å². The molecular weight excluding hydrogens is 428 g/mol. The molecule has 0 bridgehead atoms. The number of hydrogen-bond donors (Lipinski definition) is 0. The molecule has 8 heteroatoms. The Morgan fingerprint density at radius 3 is 2.19 bits per heavy atom. The van der Waals surface area contributed by atoms with Crippen molar-refractivity contribution in [2.75, 3.05) is 0 Å². The molecule has 0 atom stereocenters. The van der Waals surface area contributed by atoms with Crippen molar-refractivity contribution in [3.8, 4) is 5.69 Å². The Balaban J connectivity index is 1.61.